The number of nitrogens with one attached hydrogen (secondary N) is 1. The van der Waals surface area contributed by atoms with Crippen molar-refractivity contribution >= 4 is 17.1 Å². The van der Waals surface area contributed by atoms with E-state index < -0.39 is 33.0 Å². The van der Waals surface area contributed by atoms with Crippen LogP contribution in [0.4, 0.5) is 30.2 Å². The molecule has 2 heterocycles. The van der Waals surface area contributed by atoms with Crippen LogP contribution in [0, 0.1) is 37.7 Å². The van der Waals surface area contributed by atoms with E-state index in [1.54, 1.807) is 0 Å². The molecule has 0 bridgehead atoms. The summed E-state index contributed by atoms with van der Waals surface area (Å²) in [6, 6.07) is 5.91. The van der Waals surface area contributed by atoms with Crippen molar-refractivity contribution in [2.24, 2.45) is 0 Å². The molecule has 0 fully saturated rings. The van der Waals surface area contributed by atoms with E-state index in [1.165, 1.54) is 18.6 Å². The van der Waals surface area contributed by atoms with E-state index in [2.05, 4.69) is 17.5 Å². The number of benzene rings is 2. The standard InChI is InChI=1S/C11H11FN2O2.C6H3F2NO2.C5H9N/c12-10-8-9(14(15)16)4-5-11(10)13-6-2-1-3-7-13;7-5-2-1-4(9(10)11)3-6(5)8;1-2-4-6-5-3-1/h1-2,4-5,8H,3,6-7H2;1-3H;1-2,6H,3-5H2. The molecule has 0 aromatic heterocycles. The zero-order valence-electron chi connectivity index (χ0n) is 17.6. The van der Waals surface area contributed by atoms with Crippen molar-refractivity contribution in [2.75, 3.05) is 31.1 Å². The number of rotatable bonds is 3. The Morgan fingerprint density at radius 3 is 1.85 bits per heavy atom. The topological polar surface area (TPSA) is 102 Å². The first kappa shape index (κ1) is 25.5. The molecule has 4 rings (SSSR count). The van der Waals surface area contributed by atoms with Crippen molar-refractivity contribution in [3.8, 4) is 0 Å². The first-order chi connectivity index (χ1) is 15.8. The van der Waals surface area contributed by atoms with Gasteiger partial charge >= 0.3 is 0 Å². The molecule has 0 aliphatic carbocycles. The first-order valence-corrected chi connectivity index (χ1v) is 10.1. The van der Waals surface area contributed by atoms with Gasteiger partial charge in [0.1, 0.15) is 0 Å². The van der Waals surface area contributed by atoms with Crippen LogP contribution >= 0.6 is 0 Å². The second kappa shape index (κ2) is 13.0. The van der Waals surface area contributed by atoms with Gasteiger partial charge in [-0.1, -0.05) is 24.3 Å². The normalized spacial score (nSPS) is 14.5. The largest absolute Gasteiger partial charge is 0.365 e. The van der Waals surface area contributed by atoms with Crippen LogP contribution in [0.15, 0.2) is 60.7 Å². The fourth-order valence-corrected chi connectivity index (χ4v) is 2.90. The smallest absolute Gasteiger partial charge is 0.272 e. The summed E-state index contributed by atoms with van der Waals surface area (Å²) >= 11 is 0. The van der Waals surface area contributed by atoms with E-state index >= 15 is 0 Å². The number of anilines is 1. The summed E-state index contributed by atoms with van der Waals surface area (Å²) in [5.41, 5.74) is -0.243. The van der Waals surface area contributed by atoms with Gasteiger partial charge in [-0.3, -0.25) is 20.2 Å². The van der Waals surface area contributed by atoms with E-state index in [0.717, 1.165) is 38.2 Å². The van der Waals surface area contributed by atoms with Gasteiger partial charge in [0.2, 0.25) is 0 Å². The van der Waals surface area contributed by atoms with Crippen LogP contribution in [0.2, 0.25) is 0 Å². The second-order valence-electron chi connectivity index (χ2n) is 6.92. The monoisotopic (exact) mass is 464 g/mol. The molecule has 0 atom stereocenters. The SMILES string of the molecule is C1=CCNCC1.O=[N+]([O-])c1ccc(F)c(F)c1.O=[N+]([O-])c1ccc(N2CC=CCC2)c(F)c1. The van der Waals surface area contributed by atoms with Gasteiger partial charge in [0.15, 0.2) is 17.5 Å². The number of hydrogen-bond donors (Lipinski definition) is 1. The maximum atomic E-state index is 13.6. The van der Waals surface area contributed by atoms with Crippen molar-refractivity contribution < 1.29 is 23.0 Å². The molecular weight excluding hydrogens is 441 g/mol. The van der Waals surface area contributed by atoms with Gasteiger partial charge in [0.05, 0.1) is 27.7 Å². The number of hydrogen-bond acceptors (Lipinski definition) is 6. The Labute approximate surface area is 188 Å². The Balaban J connectivity index is 0.000000195. The number of halogens is 3. The molecule has 2 aliphatic rings. The Hall–Kier alpha value is -3.73. The van der Waals surface area contributed by atoms with Crippen LogP contribution < -0.4 is 10.2 Å². The molecule has 1 N–H and O–H groups in total. The van der Waals surface area contributed by atoms with Crippen molar-refractivity contribution in [1.82, 2.24) is 5.32 Å². The molecule has 33 heavy (non-hydrogen) atoms. The van der Waals surface area contributed by atoms with E-state index in [4.69, 9.17) is 0 Å². The molecule has 8 nitrogen and oxygen atoms in total. The Morgan fingerprint density at radius 2 is 1.42 bits per heavy atom. The number of nitro benzene ring substituents is 2. The molecule has 176 valence electrons. The van der Waals surface area contributed by atoms with Crippen LogP contribution in [0.1, 0.15) is 12.8 Å². The van der Waals surface area contributed by atoms with Crippen molar-refractivity contribution in [3.63, 3.8) is 0 Å². The van der Waals surface area contributed by atoms with Crippen LogP contribution in [0.25, 0.3) is 0 Å². The molecule has 0 spiro atoms. The number of non-ortho nitro benzene ring substituents is 2. The Kier molecular flexibility index (Phi) is 10.0. The highest BCUT2D eigenvalue weighted by atomic mass is 19.2. The molecule has 11 heteroatoms. The lowest BCUT2D eigenvalue weighted by atomic mass is 10.2. The summed E-state index contributed by atoms with van der Waals surface area (Å²) in [5, 5.41) is 23.6. The minimum Gasteiger partial charge on any atom is -0.365 e. The molecule has 2 aliphatic heterocycles. The number of nitro groups is 2. The van der Waals surface area contributed by atoms with Crippen LogP contribution in [-0.2, 0) is 0 Å². The predicted molar refractivity (Wildman–Crippen MR) is 119 cm³/mol. The van der Waals surface area contributed by atoms with Crippen molar-refractivity contribution in [1.29, 1.82) is 0 Å². The van der Waals surface area contributed by atoms with Crippen LogP contribution in [-0.4, -0.2) is 36.0 Å². The summed E-state index contributed by atoms with van der Waals surface area (Å²) in [6.45, 7) is 3.62. The van der Waals surface area contributed by atoms with Gasteiger partial charge in [0.25, 0.3) is 11.4 Å². The minimum absolute atomic E-state index is 0.214. The molecule has 0 saturated carbocycles. The quantitative estimate of drug-likeness (QED) is 0.394. The third kappa shape index (κ3) is 8.37. The zero-order valence-corrected chi connectivity index (χ0v) is 17.6. The summed E-state index contributed by atoms with van der Waals surface area (Å²) in [4.78, 5) is 20.9. The van der Waals surface area contributed by atoms with Crippen LogP contribution in [0.3, 0.4) is 0 Å². The van der Waals surface area contributed by atoms with Gasteiger partial charge in [-0.05, 0) is 31.5 Å². The highest BCUT2D eigenvalue weighted by molar-refractivity contribution is 5.53. The Bertz CT molecular complexity index is 1020. The van der Waals surface area contributed by atoms with Crippen molar-refractivity contribution in [3.05, 3.63) is 98.4 Å². The second-order valence-corrected chi connectivity index (χ2v) is 6.92. The average Bonchev–Trinajstić information content (AvgIpc) is 2.83. The summed E-state index contributed by atoms with van der Waals surface area (Å²) in [5.74, 6) is -2.83. The molecule has 2 aromatic rings. The van der Waals surface area contributed by atoms with Gasteiger partial charge in [0, 0.05) is 31.8 Å². The van der Waals surface area contributed by atoms with Gasteiger partial charge in [-0.15, -0.1) is 0 Å². The maximum absolute atomic E-state index is 13.6. The third-order valence-corrected chi connectivity index (χ3v) is 4.57. The average molecular weight is 464 g/mol. The highest BCUT2D eigenvalue weighted by Crippen LogP contribution is 2.25. The first-order valence-electron chi connectivity index (χ1n) is 10.1. The van der Waals surface area contributed by atoms with Crippen molar-refractivity contribution in [2.45, 2.75) is 12.8 Å². The summed E-state index contributed by atoms with van der Waals surface area (Å²) < 4.78 is 38.0. The third-order valence-electron chi connectivity index (χ3n) is 4.57. The van der Waals surface area contributed by atoms with E-state index in [-0.39, 0.29) is 5.69 Å². The fourth-order valence-electron chi connectivity index (χ4n) is 2.90. The number of nitrogens with zero attached hydrogens (tertiary/aromatic N) is 3. The Morgan fingerprint density at radius 1 is 0.788 bits per heavy atom. The van der Waals surface area contributed by atoms with E-state index in [9.17, 15) is 33.4 Å². The van der Waals surface area contributed by atoms with Gasteiger partial charge in [-0.25, -0.2) is 13.2 Å². The lowest BCUT2D eigenvalue weighted by Gasteiger charge is -2.25. The minimum atomic E-state index is -1.21. The van der Waals surface area contributed by atoms with Gasteiger partial charge < -0.3 is 10.2 Å². The maximum Gasteiger partial charge on any atom is 0.272 e. The van der Waals surface area contributed by atoms with Gasteiger partial charge in [-0.2, -0.15) is 0 Å². The lowest BCUT2D eigenvalue weighted by Crippen LogP contribution is -2.27. The molecule has 0 amide bonds. The molecule has 2 aromatic carbocycles. The van der Waals surface area contributed by atoms with E-state index in [0.29, 0.717) is 24.4 Å². The molecule has 0 radical (unpaired) electrons. The zero-order chi connectivity index (χ0) is 24.2. The highest BCUT2D eigenvalue weighted by Gasteiger charge is 2.15. The van der Waals surface area contributed by atoms with E-state index in [1.807, 2.05) is 17.1 Å². The molecular formula is C22H23F3N4O4. The molecule has 0 unspecified atom stereocenters. The predicted octanol–water partition coefficient (Wildman–Crippen LogP) is 4.91. The summed E-state index contributed by atoms with van der Waals surface area (Å²) in [6.07, 6.45) is 10.4. The molecule has 0 saturated heterocycles. The fraction of sp³-hybridized carbons (Fsp3) is 0.273. The summed E-state index contributed by atoms with van der Waals surface area (Å²) in [7, 11) is 0. The lowest BCUT2D eigenvalue weighted by molar-refractivity contribution is -0.385. The van der Waals surface area contributed by atoms with Crippen LogP contribution in [0.5, 0.6) is 0 Å².